The molecule has 0 unspecified atom stereocenters. The van der Waals surface area contributed by atoms with Crippen molar-refractivity contribution >= 4 is 29.0 Å². The summed E-state index contributed by atoms with van der Waals surface area (Å²) in [7, 11) is 0. The van der Waals surface area contributed by atoms with Gasteiger partial charge in [0.05, 0.1) is 10.0 Å². The van der Waals surface area contributed by atoms with Crippen molar-refractivity contribution in [2.75, 3.05) is 18.0 Å². The lowest BCUT2D eigenvalue weighted by Crippen LogP contribution is -2.35. The highest BCUT2D eigenvalue weighted by molar-refractivity contribution is 6.42. The molecule has 2 nitrogen and oxygen atoms in total. The molecular weight excluding hydrogens is 315 g/mol. The van der Waals surface area contributed by atoms with E-state index in [0.717, 1.165) is 31.7 Å². The molecular formula is C18H20Cl2N2. The van der Waals surface area contributed by atoms with Gasteiger partial charge in [-0.15, -0.1) is 0 Å². The number of aromatic nitrogens is 1. The average molecular weight is 335 g/mol. The minimum Gasteiger partial charge on any atom is -0.357 e. The predicted molar refractivity (Wildman–Crippen MR) is 94.1 cm³/mol. The zero-order chi connectivity index (χ0) is 15.5. The van der Waals surface area contributed by atoms with Crippen LogP contribution in [0.15, 0.2) is 42.6 Å². The largest absolute Gasteiger partial charge is 0.357 e. The molecule has 1 fully saturated rings. The molecule has 1 saturated heterocycles. The van der Waals surface area contributed by atoms with Crippen LogP contribution in [0, 0.1) is 5.92 Å². The van der Waals surface area contributed by atoms with Crippen molar-refractivity contribution in [3.05, 3.63) is 58.2 Å². The molecule has 0 aliphatic carbocycles. The highest BCUT2D eigenvalue weighted by Gasteiger charge is 2.26. The first-order valence-corrected chi connectivity index (χ1v) is 8.52. The zero-order valence-electron chi connectivity index (χ0n) is 12.7. The summed E-state index contributed by atoms with van der Waals surface area (Å²) in [6, 6.07) is 12.0. The number of hydrogen-bond donors (Lipinski definition) is 0. The molecule has 2 heterocycles. The number of hydrogen-bond acceptors (Lipinski definition) is 2. The lowest BCUT2D eigenvalue weighted by atomic mass is 9.81. The Morgan fingerprint density at radius 2 is 1.86 bits per heavy atom. The molecule has 0 N–H and O–H groups in total. The first-order valence-electron chi connectivity index (χ1n) is 7.76. The van der Waals surface area contributed by atoms with Gasteiger partial charge in [-0.05, 0) is 48.4 Å². The van der Waals surface area contributed by atoms with E-state index in [1.54, 1.807) is 0 Å². The quantitative estimate of drug-likeness (QED) is 0.746. The number of rotatable bonds is 3. The van der Waals surface area contributed by atoms with E-state index in [1.807, 2.05) is 30.5 Å². The summed E-state index contributed by atoms with van der Waals surface area (Å²) in [6.45, 7) is 4.35. The standard InChI is InChI=1S/C18H20Cl2N2/c1-13(15-5-4-6-16(19)18(15)20)14-8-11-22(12-9-14)17-7-2-3-10-21-17/h2-7,10,13-14H,8-9,11-12H2,1H3/t13-/m0/s1. The van der Waals surface area contributed by atoms with Gasteiger partial charge < -0.3 is 4.90 Å². The minimum absolute atomic E-state index is 0.428. The zero-order valence-corrected chi connectivity index (χ0v) is 14.2. The highest BCUT2D eigenvalue weighted by Crippen LogP contribution is 2.38. The van der Waals surface area contributed by atoms with E-state index in [-0.39, 0.29) is 0 Å². The van der Waals surface area contributed by atoms with Crippen LogP contribution in [-0.4, -0.2) is 18.1 Å². The van der Waals surface area contributed by atoms with Gasteiger partial charge in [0.2, 0.25) is 0 Å². The van der Waals surface area contributed by atoms with Crippen molar-refractivity contribution in [2.45, 2.75) is 25.7 Å². The molecule has 2 aromatic rings. The minimum atomic E-state index is 0.428. The maximum Gasteiger partial charge on any atom is 0.128 e. The molecule has 0 spiro atoms. The van der Waals surface area contributed by atoms with Crippen LogP contribution in [0.25, 0.3) is 0 Å². The van der Waals surface area contributed by atoms with Crippen molar-refractivity contribution in [1.82, 2.24) is 4.98 Å². The lowest BCUT2D eigenvalue weighted by molar-refractivity contribution is 0.353. The predicted octanol–water partition coefficient (Wildman–Crippen LogP) is 5.41. The van der Waals surface area contributed by atoms with Crippen LogP contribution < -0.4 is 4.90 Å². The maximum absolute atomic E-state index is 6.38. The topological polar surface area (TPSA) is 16.1 Å². The molecule has 0 amide bonds. The van der Waals surface area contributed by atoms with Crippen LogP contribution in [0.4, 0.5) is 5.82 Å². The molecule has 0 radical (unpaired) electrons. The molecule has 3 rings (SSSR count). The summed E-state index contributed by atoms with van der Waals surface area (Å²) in [4.78, 5) is 6.81. The summed E-state index contributed by atoms with van der Waals surface area (Å²) < 4.78 is 0. The summed E-state index contributed by atoms with van der Waals surface area (Å²) in [6.07, 6.45) is 4.16. The van der Waals surface area contributed by atoms with Gasteiger partial charge in [-0.25, -0.2) is 4.98 Å². The fourth-order valence-corrected chi connectivity index (χ4v) is 3.78. The Morgan fingerprint density at radius 1 is 1.09 bits per heavy atom. The molecule has 1 aromatic carbocycles. The molecule has 1 atom stereocenters. The van der Waals surface area contributed by atoms with Gasteiger partial charge in [0, 0.05) is 19.3 Å². The molecule has 4 heteroatoms. The lowest BCUT2D eigenvalue weighted by Gasteiger charge is -2.36. The van der Waals surface area contributed by atoms with Gasteiger partial charge in [0.25, 0.3) is 0 Å². The maximum atomic E-state index is 6.38. The number of benzene rings is 1. The second kappa shape index (κ2) is 6.89. The number of halogens is 2. The van der Waals surface area contributed by atoms with E-state index in [9.17, 15) is 0 Å². The molecule has 22 heavy (non-hydrogen) atoms. The first kappa shape index (κ1) is 15.6. The van der Waals surface area contributed by atoms with E-state index < -0.39 is 0 Å². The van der Waals surface area contributed by atoms with E-state index in [2.05, 4.69) is 28.9 Å². The van der Waals surface area contributed by atoms with Crippen LogP contribution in [-0.2, 0) is 0 Å². The normalized spacial score (nSPS) is 17.5. The van der Waals surface area contributed by atoms with Crippen LogP contribution >= 0.6 is 23.2 Å². The Kier molecular flexibility index (Phi) is 4.90. The van der Waals surface area contributed by atoms with Gasteiger partial charge in [-0.3, -0.25) is 0 Å². The first-order chi connectivity index (χ1) is 10.7. The highest BCUT2D eigenvalue weighted by atomic mass is 35.5. The van der Waals surface area contributed by atoms with Crippen molar-refractivity contribution < 1.29 is 0 Å². The molecule has 1 aliphatic rings. The molecule has 1 aliphatic heterocycles. The number of anilines is 1. The van der Waals surface area contributed by atoms with Crippen molar-refractivity contribution in [3.8, 4) is 0 Å². The molecule has 116 valence electrons. The van der Waals surface area contributed by atoms with Gasteiger partial charge in [-0.2, -0.15) is 0 Å². The fraction of sp³-hybridized carbons (Fsp3) is 0.389. The summed E-state index contributed by atoms with van der Waals surface area (Å²) in [5, 5.41) is 1.36. The second-order valence-electron chi connectivity index (χ2n) is 5.94. The van der Waals surface area contributed by atoms with Crippen LogP contribution in [0.1, 0.15) is 31.2 Å². The van der Waals surface area contributed by atoms with Crippen molar-refractivity contribution in [1.29, 1.82) is 0 Å². The van der Waals surface area contributed by atoms with Crippen LogP contribution in [0.2, 0.25) is 10.0 Å². The summed E-state index contributed by atoms with van der Waals surface area (Å²) in [5.41, 5.74) is 1.17. The van der Waals surface area contributed by atoms with E-state index in [4.69, 9.17) is 23.2 Å². The van der Waals surface area contributed by atoms with Crippen LogP contribution in [0.5, 0.6) is 0 Å². The average Bonchev–Trinajstić information content (AvgIpc) is 2.58. The number of nitrogens with zero attached hydrogens (tertiary/aromatic N) is 2. The number of pyridine rings is 1. The number of piperidine rings is 1. The van der Waals surface area contributed by atoms with Gasteiger partial charge in [-0.1, -0.05) is 48.3 Å². The van der Waals surface area contributed by atoms with E-state index in [0.29, 0.717) is 21.9 Å². The smallest absolute Gasteiger partial charge is 0.128 e. The molecule has 1 aromatic heterocycles. The van der Waals surface area contributed by atoms with E-state index >= 15 is 0 Å². The SMILES string of the molecule is C[C@H](c1cccc(Cl)c1Cl)C1CCN(c2ccccn2)CC1. The van der Waals surface area contributed by atoms with Gasteiger partial charge in [0.1, 0.15) is 5.82 Å². The molecule has 0 bridgehead atoms. The second-order valence-corrected chi connectivity index (χ2v) is 6.73. The third-order valence-electron chi connectivity index (χ3n) is 4.69. The van der Waals surface area contributed by atoms with Crippen LogP contribution in [0.3, 0.4) is 0 Å². The Morgan fingerprint density at radius 3 is 2.55 bits per heavy atom. The molecule has 0 saturated carbocycles. The monoisotopic (exact) mass is 334 g/mol. The third-order valence-corrected chi connectivity index (χ3v) is 5.53. The Balaban J connectivity index is 1.67. The van der Waals surface area contributed by atoms with Crippen molar-refractivity contribution in [2.24, 2.45) is 5.92 Å². The third kappa shape index (κ3) is 3.23. The summed E-state index contributed by atoms with van der Waals surface area (Å²) >= 11 is 12.5. The van der Waals surface area contributed by atoms with Crippen molar-refractivity contribution in [3.63, 3.8) is 0 Å². The van der Waals surface area contributed by atoms with Gasteiger partial charge >= 0.3 is 0 Å². The fourth-order valence-electron chi connectivity index (χ4n) is 3.30. The summed E-state index contributed by atoms with van der Waals surface area (Å²) in [5.74, 6) is 2.14. The van der Waals surface area contributed by atoms with E-state index in [1.165, 1.54) is 5.56 Å². The Labute approximate surface area is 142 Å². The Bertz CT molecular complexity index is 622. The van der Waals surface area contributed by atoms with Gasteiger partial charge in [0.15, 0.2) is 0 Å². The Hall–Kier alpha value is -1.25.